The highest BCUT2D eigenvalue weighted by Gasteiger charge is 2.49. The van der Waals surface area contributed by atoms with Gasteiger partial charge in [0.15, 0.2) is 0 Å². The van der Waals surface area contributed by atoms with Crippen LogP contribution in [0, 0.1) is 34.9 Å². The van der Waals surface area contributed by atoms with Crippen LogP contribution >= 0.6 is 14.5 Å². The molecule has 0 amide bonds. The Labute approximate surface area is 264 Å². The van der Waals surface area contributed by atoms with Gasteiger partial charge in [-0.05, 0) is 146 Å². The maximum Gasteiger partial charge on any atom is 0.140 e. The average Bonchev–Trinajstić information content (AvgIpc) is 3.07. The summed E-state index contributed by atoms with van der Waals surface area (Å²) in [5, 5.41) is 4.24. The lowest BCUT2D eigenvalue weighted by Crippen LogP contribution is -2.32. The van der Waals surface area contributed by atoms with Crippen LogP contribution in [0.2, 0.25) is 0 Å². The molecule has 8 heteroatoms. The molecule has 0 spiro atoms. The lowest BCUT2D eigenvalue weighted by atomic mass is 10.3. The van der Waals surface area contributed by atoms with Crippen LogP contribution in [-0.4, -0.2) is 0 Å². The molecule has 0 aromatic heterocycles. The van der Waals surface area contributed by atoms with Crippen LogP contribution in [0.5, 0.6) is 0 Å². The zero-order valence-corrected chi connectivity index (χ0v) is 26.0. The molecule has 0 nitrogen and oxygen atoms in total. The third-order valence-corrected chi connectivity index (χ3v) is 16.0. The number of hydrogen-bond acceptors (Lipinski definition) is 0. The zero-order valence-electron chi connectivity index (χ0n) is 24.2. The van der Waals surface area contributed by atoms with Gasteiger partial charge in [0, 0.05) is 0 Å². The summed E-state index contributed by atoms with van der Waals surface area (Å²) in [6.07, 6.45) is 0. The fourth-order valence-corrected chi connectivity index (χ4v) is 13.8. The van der Waals surface area contributed by atoms with Gasteiger partial charge in [-0.1, -0.05) is 0 Å². The molecule has 0 unspecified atom stereocenters. The Bertz CT molecular complexity index is 1590. The molecule has 6 aromatic carbocycles. The summed E-state index contributed by atoms with van der Waals surface area (Å²) in [5.41, 5.74) is 0. The van der Waals surface area contributed by atoms with Crippen LogP contribution in [0.25, 0.3) is 0 Å². The summed E-state index contributed by atoms with van der Waals surface area (Å²) < 4.78 is 86.0. The van der Waals surface area contributed by atoms with Gasteiger partial charge in [0.05, 0.1) is 0 Å². The van der Waals surface area contributed by atoms with Gasteiger partial charge >= 0.3 is 0 Å². The smallest absolute Gasteiger partial charge is 0.140 e. The summed E-state index contributed by atoms with van der Waals surface area (Å²) in [4.78, 5) is 0. The Balaban J connectivity index is 1.74. The minimum absolute atomic E-state index is 0.449. The second-order valence-corrected chi connectivity index (χ2v) is 17.2. The van der Waals surface area contributed by atoms with Gasteiger partial charge in [-0.25, -0.2) is 26.3 Å². The quantitative estimate of drug-likeness (QED) is 0.114. The maximum absolute atomic E-state index is 14.3. The molecule has 0 N–H and O–H groups in total. The van der Waals surface area contributed by atoms with Crippen molar-refractivity contribution in [1.29, 1.82) is 0 Å². The second kappa shape index (κ2) is 13.1. The molecule has 0 atom stereocenters. The van der Waals surface area contributed by atoms with E-state index in [2.05, 4.69) is 0 Å². The first kappa shape index (κ1) is 31.5. The number of hydrogen-bond donors (Lipinski definition) is 0. The highest BCUT2D eigenvalue weighted by atomic mass is 31.2. The van der Waals surface area contributed by atoms with Crippen molar-refractivity contribution in [3.63, 3.8) is 0 Å². The predicted molar refractivity (Wildman–Crippen MR) is 179 cm³/mol. The van der Waals surface area contributed by atoms with E-state index >= 15 is 0 Å². The Hall–Kier alpha value is -4.50. The van der Waals surface area contributed by atoms with E-state index in [0.717, 1.165) is 0 Å². The third-order valence-electron chi connectivity index (χ3n) is 7.92. The van der Waals surface area contributed by atoms with E-state index in [1.807, 2.05) is 11.6 Å². The van der Waals surface area contributed by atoms with Crippen LogP contribution in [0.15, 0.2) is 157 Å². The molecule has 0 bridgehead atoms. The molecule has 6 rings (SSSR count). The van der Waals surface area contributed by atoms with Crippen LogP contribution in [0.4, 0.5) is 26.3 Å². The van der Waals surface area contributed by atoms with Gasteiger partial charge in [0.1, 0.15) is 92.9 Å². The highest BCUT2D eigenvalue weighted by Crippen LogP contribution is 2.63. The minimum atomic E-state index is -2.97. The largest absolute Gasteiger partial charge is 0.207 e. The predicted octanol–water partition coefficient (Wildman–Crippen LogP) is 8.28. The summed E-state index contributed by atoms with van der Waals surface area (Å²) in [6.45, 7) is 0. The fraction of sp³-hybridized carbons (Fsp3) is 0. The zero-order chi connectivity index (χ0) is 32.3. The number of benzene rings is 6. The summed E-state index contributed by atoms with van der Waals surface area (Å²) >= 11 is 0. The van der Waals surface area contributed by atoms with Crippen LogP contribution in [0.1, 0.15) is 0 Å². The minimum Gasteiger partial charge on any atom is -0.207 e. The highest BCUT2D eigenvalue weighted by molar-refractivity contribution is 8.01. The van der Waals surface area contributed by atoms with E-state index in [-0.39, 0.29) is 0 Å². The first-order chi connectivity index (χ1) is 22.2. The normalized spacial score (nSPS) is 12.0. The summed E-state index contributed by atoms with van der Waals surface area (Å²) in [6, 6.07) is 36.0. The third kappa shape index (κ3) is 6.03. The van der Waals surface area contributed by atoms with Crippen molar-refractivity contribution in [2.24, 2.45) is 0 Å². The summed E-state index contributed by atoms with van der Waals surface area (Å²) in [5.74, 6) is 1.31. The Kier molecular flexibility index (Phi) is 8.95. The van der Waals surface area contributed by atoms with Gasteiger partial charge < -0.3 is 0 Å². The van der Waals surface area contributed by atoms with Crippen LogP contribution in [-0.2, 0) is 0 Å². The van der Waals surface area contributed by atoms with E-state index < -0.39 is 49.4 Å². The van der Waals surface area contributed by atoms with E-state index in [4.69, 9.17) is 0 Å². The van der Waals surface area contributed by atoms with E-state index in [0.29, 0.717) is 31.8 Å². The molecular formula is C38H26F6P2+2. The molecule has 0 aliphatic heterocycles. The monoisotopic (exact) mass is 658 g/mol. The molecule has 0 radical (unpaired) electrons. The van der Waals surface area contributed by atoms with Crippen molar-refractivity contribution in [3.8, 4) is 0 Å². The Morgan fingerprint density at radius 3 is 0.500 bits per heavy atom. The second-order valence-electron chi connectivity index (χ2n) is 10.6. The number of halogens is 6. The van der Waals surface area contributed by atoms with Gasteiger partial charge in [-0.3, -0.25) is 0 Å². The molecule has 0 aliphatic rings. The standard InChI is InChI=1S/C38H26F6P2/c39-27-1-13-33(14-2-27)45(34-15-3-28(40)4-16-34,35-17-5-29(41)6-18-35)25-26-46(36-19-7-30(42)8-20-36,37-21-9-31(43)10-22-37)38-23-11-32(44)12-24-38/h1-26H/q+2/b26-25+. The molecule has 0 fully saturated rings. The Morgan fingerprint density at radius 2 is 0.370 bits per heavy atom. The molecule has 0 saturated carbocycles. The molecule has 228 valence electrons. The van der Waals surface area contributed by atoms with Gasteiger partial charge in [-0.15, -0.1) is 0 Å². The van der Waals surface area contributed by atoms with E-state index in [9.17, 15) is 26.3 Å². The fourth-order valence-electron chi connectivity index (χ4n) is 5.67. The lowest BCUT2D eigenvalue weighted by Gasteiger charge is -2.27. The van der Waals surface area contributed by atoms with Crippen molar-refractivity contribution < 1.29 is 26.3 Å². The average molecular weight is 659 g/mol. The molecule has 46 heavy (non-hydrogen) atoms. The first-order valence-electron chi connectivity index (χ1n) is 14.3. The van der Waals surface area contributed by atoms with Crippen molar-refractivity contribution in [2.75, 3.05) is 0 Å². The topological polar surface area (TPSA) is 0 Å². The van der Waals surface area contributed by atoms with E-state index in [1.54, 1.807) is 72.8 Å². The van der Waals surface area contributed by atoms with Crippen molar-refractivity contribution in [3.05, 3.63) is 192 Å². The molecule has 0 heterocycles. The molecular weight excluding hydrogens is 632 g/mol. The van der Waals surface area contributed by atoms with Crippen molar-refractivity contribution >= 4 is 46.4 Å². The van der Waals surface area contributed by atoms with Crippen molar-refractivity contribution in [1.82, 2.24) is 0 Å². The van der Waals surface area contributed by atoms with Gasteiger partial charge in [-0.2, -0.15) is 0 Å². The SMILES string of the molecule is Fc1ccc([P+](/C=C/[P+](c2ccc(F)cc2)(c2ccc(F)cc2)c2ccc(F)cc2)(c2ccc(F)cc2)c2ccc(F)cc2)cc1. The number of rotatable bonds is 8. The summed E-state index contributed by atoms with van der Waals surface area (Å²) in [7, 11) is -5.95. The van der Waals surface area contributed by atoms with E-state index in [1.165, 1.54) is 72.8 Å². The van der Waals surface area contributed by atoms with Crippen LogP contribution < -0.4 is 31.8 Å². The maximum atomic E-state index is 14.3. The van der Waals surface area contributed by atoms with Gasteiger partial charge in [0.2, 0.25) is 0 Å². The van der Waals surface area contributed by atoms with Crippen LogP contribution in [0.3, 0.4) is 0 Å². The molecule has 0 saturated heterocycles. The van der Waals surface area contributed by atoms with Gasteiger partial charge in [0.25, 0.3) is 0 Å². The Morgan fingerprint density at radius 1 is 0.239 bits per heavy atom. The first-order valence-corrected chi connectivity index (χ1v) is 18.0. The molecule has 6 aromatic rings. The van der Waals surface area contributed by atoms with Crippen molar-refractivity contribution in [2.45, 2.75) is 0 Å². The molecule has 0 aliphatic carbocycles. The lowest BCUT2D eigenvalue weighted by molar-refractivity contribution is 0.627.